The third-order valence-corrected chi connectivity index (χ3v) is 4.25. The molecule has 2 aromatic carbocycles. The number of hydrogen-bond donors (Lipinski definition) is 2. The second kappa shape index (κ2) is 8.09. The Bertz CT molecular complexity index is 854. The van der Waals surface area contributed by atoms with E-state index in [9.17, 15) is 9.90 Å². The average molecular weight is 421 g/mol. The van der Waals surface area contributed by atoms with Crippen LogP contribution in [0.3, 0.4) is 0 Å². The molecule has 2 aromatic rings. The van der Waals surface area contributed by atoms with Gasteiger partial charge in [-0.3, -0.25) is 4.79 Å². The van der Waals surface area contributed by atoms with Crippen molar-refractivity contribution in [1.29, 1.82) is 0 Å². The molecule has 1 heterocycles. The molecule has 0 aromatic heterocycles. The van der Waals surface area contributed by atoms with Gasteiger partial charge in [0.25, 0.3) is 0 Å². The first-order valence-corrected chi connectivity index (χ1v) is 8.63. The Kier molecular flexibility index (Phi) is 5.62. The number of amides is 1. The number of halogens is 1. The van der Waals surface area contributed by atoms with Gasteiger partial charge in [-0.25, -0.2) is 5.43 Å². The number of nitrogens with one attached hydrogen (secondary N) is 1. The topological polar surface area (TPSA) is 89.4 Å². The highest BCUT2D eigenvalue weighted by atomic mass is 79.9. The van der Waals surface area contributed by atoms with Crippen LogP contribution in [0.2, 0.25) is 0 Å². The van der Waals surface area contributed by atoms with Gasteiger partial charge in [-0.2, -0.15) is 5.10 Å². The standard InChI is InChI=1S/C18H17BrN2O5/c1-24-16-8-12(6-13(19)18(16)23)10-20-21-17(22)9-11-2-3-14-15(7-11)26-5-4-25-14/h2-3,6-8,10,23H,4-5,9H2,1H3,(H,21,22)/b20-10+. The minimum absolute atomic E-state index is 0.00675. The van der Waals surface area contributed by atoms with Crippen LogP contribution in [-0.2, 0) is 11.2 Å². The third kappa shape index (κ3) is 4.26. The van der Waals surface area contributed by atoms with Gasteiger partial charge in [-0.15, -0.1) is 0 Å². The maximum absolute atomic E-state index is 12.0. The van der Waals surface area contributed by atoms with Crippen LogP contribution in [0.25, 0.3) is 0 Å². The van der Waals surface area contributed by atoms with E-state index < -0.39 is 0 Å². The Labute approximate surface area is 158 Å². The summed E-state index contributed by atoms with van der Waals surface area (Å²) < 4.78 is 16.5. The summed E-state index contributed by atoms with van der Waals surface area (Å²) in [6.45, 7) is 1.03. The van der Waals surface area contributed by atoms with E-state index >= 15 is 0 Å². The molecule has 0 spiro atoms. The summed E-state index contributed by atoms with van der Waals surface area (Å²) >= 11 is 3.23. The van der Waals surface area contributed by atoms with E-state index in [2.05, 4.69) is 26.5 Å². The molecule has 0 unspecified atom stereocenters. The molecule has 1 aliphatic heterocycles. The van der Waals surface area contributed by atoms with Crippen molar-refractivity contribution in [3.63, 3.8) is 0 Å². The molecule has 0 radical (unpaired) electrons. The summed E-state index contributed by atoms with van der Waals surface area (Å²) in [5.74, 6) is 1.38. The lowest BCUT2D eigenvalue weighted by Gasteiger charge is -2.18. The second-order valence-corrected chi connectivity index (χ2v) is 6.36. The summed E-state index contributed by atoms with van der Waals surface area (Å²) in [5.41, 5.74) is 3.93. The molecule has 136 valence electrons. The van der Waals surface area contributed by atoms with Gasteiger partial charge in [0.2, 0.25) is 5.91 Å². The van der Waals surface area contributed by atoms with Crippen molar-refractivity contribution in [2.75, 3.05) is 20.3 Å². The lowest BCUT2D eigenvalue weighted by Crippen LogP contribution is -2.20. The molecule has 0 bridgehead atoms. The van der Waals surface area contributed by atoms with Gasteiger partial charge in [0, 0.05) is 0 Å². The average Bonchev–Trinajstić information content (AvgIpc) is 2.64. The zero-order valence-corrected chi connectivity index (χ0v) is 15.6. The van der Waals surface area contributed by atoms with E-state index in [0.29, 0.717) is 40.5 Å². The van der Waals surface area contributed by atoms with Crippen LogP contribution >= 0.6 is 15.9 Å². The number of phenols is 1. The smallest absolute Gasteiger partial charge is 0.244 e. The van der Waals surface area contributed by atoms with E-state index in [0.717, 1.165) is 5.56 Å². The third-order valence-electron chi connectivity index (χ3n) is 3.64. The van der Waals surface area contributed by atoms with Gasteiger partial charge in [0.15, 0.2) is 23.0 Å². The van der Waals surface area contributed by atoms with E-state index in [1.54, 1.807) is 24.3 Å². The Morgan fingerprint density at radius 2 is 2.08 bits per heavy atom. The van der Waals surface area contributed by atoms with Crippen LogP contribution in [-0.4, -0.2) is 37.6 Å². The van der Waals surface area contributed by atoms with Crippen molar-refractivity contribution in [2.45, 2.75) is 6.42 Å². The SMILES string of the molecule is COc1cc(/C=N/NC(=O)Cc2ccc3c(c2)OCCO3)cc(Br)c1O. The van der Waals surface area contributed by atoms with Gasteiger partial charge in [-0.05, 0) is 51.3 Å². The van der Waals surface area contributed by atoms with Crippen LogP contribution in [0.15, 0.2) is 39.9 Å². The molecule has 1 amide bonds. The van der Waals surface area contributed by atoms with Crippen molar-refractivity contribution in [3.8, 4) is 23.0 Å². The number of hydrogen-bond acceptors (Lipinski definition) is 6. The number of hydrazone groups is 1. The summed E-state index contributed by atoms with van der Waals surface area (Å²) in [7, 11) is 1.46. The highest BCUT2D eigenvalue weighted by molar-refractivity contribution is 9.10. The first kappa shape index (κ1) is 18.1. The lowest BCUT2D eigenvalue weighted by molar-refractivity contribution is -0.120. The number of ether oxygens (including phenoxy) is 3. The fraction of sp³-hybridized carbons (Fsp3) is 0.222. The number of nitrogens with zero attached hydrogens (tertiary/aromatic N) is 1. The molecular formula is C18H17BrN2O5. The van der Waals surface area contributed by atoms with E-state index in [1.165, 1.54) is 13.3 Å². The summed E-state index contributed by atoms with van der Waals surface area (Å²) in [5, 5.41) is 13.7. The number of carbonyl (C=O) groups excluding carboxylic acids is 1. The molecule has 0 fully saturated rings. The quantitative estimate of drug-likeness (QED) is 0.573. The molecule has 3 rings (SSSR count). The van der Waals surface area contributed by atoms with Gasteiger partial charge in [-0.1, -0.05) is 6.07 Å². The first-order valence-electron chi connectivity index (χ1n) is 7.84. The van der Waals surface area contributed by atoms with Crippen LogP contribution in [0, 0.1) is 0 Å². The minimum Gasteiger partial charge on any atom is -0.503 e. The number of phenolic OH excluding ortho intramolecular Hbond substituents is 1. The molecule has 8 heteroatoms. The fourth-order valence-electron chi connectivity index (χ4n) is 2.43. The highest BCUT2D eigenvalue weighted by Gasteiger charge is 2.13. The van der Waals surface area contributed by atoms with Crippen LogP contribution in [0.4, 0.5) is 0 Å². The number of rotatable bonds is 5. The van der Waals surface area contributed by atoms with Gasteiger partial charge in [0.05, 0.1) is 24.2 Å². The van der Waals surface area contributed by atoms with Gasteiger partial charge in [0.1, 0.15) is 13.2 Å². The van der Waals surface area contributed by atoms with E-state index in [1.807, 2.05) is 6.07 Å². The Hall–Kier alpha value is -2.74. The molecule has 26 heavy (non-hydrogen) atoms. The molecule has 2 N–H and O–H groups in total. The van der Waals surface area contributed by atoms with Crippen molar-refractivity contribution < 1.29 is 24.1 Å². The Balaban J connectivity index is 1.60. The first-order chi connectivity index (χ1) is 12.6. The molecule has 1 aliphatic rings. The van der Waals surface area contributed by atoms with Crippen molar-refractivity contribution >= 4 is 28.1 Å². The number of methoxy groups -OCH3 is 1. The lowest BCUT2D eigenvalue weighted by atomic mass is 10.1. The summed E-state index contributed by atoms with van der Waals surface area (Å²) in [6.07, 6.45) is 1.63. The second-order valence-electron chi connectivity index (χ2n) is 5.50. The number of fused-ring (bicyclic) bond motifs is 1. The Morgan fingerprint density at radius 1 is 1.31 bits per heavy atom. The predicted molar refractivity (Wildman–Crippen MR) is 99.2 cm³/mol. The predicted octanol–water partition coefficient (Wildman–Crippen LogP) is 2.63. The zero-order valence-electron chi connectivity index (χ0n) is 14.0. The van der Waals surface area contributed by atoms with Crippen molar-refractivity contribution in [3.05, 3.63) is 45.9 Å². The highest BCUT2D eigenvalue weighted by Crippen LogP contribution is 2.34. The van der Waals surface area contributed by atoms with Crippen LogP contribution < -0.4 is 19.6 Å². The maximum atomic E-state index is 12.0. The van der Waals surface area contributed by atoms with Crippen molar-refractivity contribution in [2.24, 2.45) is 5.10 Å². The number of benzene rings is 2. The van der Waals surface area contributed by atoms with E-state index in [-0.39, 0.29) is 18.1 Å². The monoisotopic (exact) mass is 420 g/mol. The Morgan fingerprint density at radius 3 is 2.85 bits per heavy atom. The van der Waals surface area contributed by atoms with E-state index in [4.69, 9.17) is 14.2 Å². The zero-order chi connectivity index (χ0) is 18.5. The number of aromatic hydroxyl groups is 1. The fourth-order valence-corrected chi connectivity index (χ4v) is 2.89. The molecule has 7 nitrogen and oxygen atoms in total. The molecular weight excluding hydrogens is 404 g/mol. The van der Waals surface area contributed by atoms with Crippen molar-refractivity contribution in [1.82, 2.24) is 5.43 Å². The maximum Gasteiger partial charge on any atom is 0.244 e. The van der Waals surface area contributed by atoms with Crippen LogP contribution in [0.1, 0.15) is 11.1 Å². The normalized spacial score (nSPS) is 12.8. The molecule has 0 atom stereocenters. The molecule has 0 saturated heterocycles. The van der Waals surface area contributed by atoms with Gasteiger partial charge >= 0.3 is 0 Å². The summed E-state index contributed by atoms with van der Waals surface area (Å²) in [4.78, 5) is 12.0. The molecule has 0 aliphatic carbocycles. The summed E-state index contributed by atoms with van der Waals surface area (Å²) in [6, 6.07) is 8.67. The van der Waals surface area contributed by atoms with Crippen LogP contribution in [0.5, 0.6) is 23.0 Å². The largest absolute Gasteiger partial charge is 0.503 e. The van der Waals surface area contributed by atoms with Gasteiger partial charge < -0.3 is 19.3 Å². The molecule has 0 saturated carbocycles. The minimum atomic E-state index is -0.261. The number of carbonyl (C=O) groups is 1.